The Bertz CT molecular complexity index is 728. The van der Waals surface area contributed by atoms with E-state index in [9.17, 15) is 14.9 Å². The number of nitro groups is 1. The molecular formula is C15H14N4O3. The molecule has 0 spiro atoms. The van der Waals surface area contributed by atoms with Crippen molar-refractivity contribution in [1.29, 1.82) is 0 Å². The van der Waals surface area contributed by atoms with Gasteiger partial charge in [-0.05, 0) is 18.6 Å². The van der Waals surface area contributed by atoms with Crippen molar-refractivity contribution >= 4 is 23.6 Å². The van der Waals surface area contributed by atoms with Crippen molar-refractivity contribution in [2.45, 2.75) is 6.92 Å². The van der Waals surface area contributed by atoms with Crippen molar-refractivity contribution in [3.05, 3.63) is 69.8 Å². The summed E-state index contributed by atoms with van der Waals surface area (Å²) in [7, 11) is 0. The van der Waals surface area contributed by atoms with E-state index in [1.54, 1.807) is 18.2 Å². The predicted octanol–water partition coefficient (Wildman–Crippen LogP) is 3.06. The summed E-state index contributed by atoms with van der Waals surface area (Å²) in [4.78, 5) is 21.8. The summed E-state index contributed by atoms with van der Waals surface area (Å²) in [5, 5.41) is 17.1. The van der Waals surface area contributed by atoms with Crippen molar-refractivity contribution < 1.29 is 9.72 Å². The number of carbonyl (C=O) groups excluding carboxylic acids is 1. The number of urea groups is 1. The van der Waals surface area contributed by atoms with Crippen LogP contribution in [0, 0.1) is 17.0 Å². The average Bonchev–Trinajstić information content (AvgIpc) is 2.50. The quantitative estimate of drug-likeness (QED) is 0.515. The van der Waals surface area contributed by atoms with E-state index in [1.807, 2.05) is 25.1 Å². The van der Waals surface area contributed by atoms with Gasteiger partial charge < -0.3 is 5.32 Å². The first-order chi connectivity index (χ1) is 10.6. The van der Waals surface area contributed by atoms with Crippen LogP contribution in [-0.4, -0.2) is 17.2 Å². The highest BCUT2D eigenvalue weighted by atomic mass is 16.6. The molecule has 0 saturated carbocycles. The van der Waals surface area contributed by atoms with E-state index < -0.39 is 11.0 Å². The highest BCUT2D eigenvalue weighted by Gasteiger charge is 2.04. The van der Waals surface area contributed by atoms with E-state index in [0.717, 1.165) is 5.56 Å². The molecule has 22 heavy (non-hydrogen) atoms. The number of hydrogen-bond donors (Lipinski definition) is 2. The van der Waals surface area contributed by atoms with Gasteiger partial charge in [0.1, 0.15) is 0 Å². The van der Waals surface area contributed by atoms with Crippen molar-refractivity contribution in [3.63, 3.8) is 0 Å². The van der Waals surface area contributed by atoms with E-state index in [1.165, 1.54) is 18.3 Å². The molecular weight excluding hydrogens is 284 g/mol. The molecule has 7 heteroatoms. The molecule has 2 rings (SSSR count). The number of benzene rings is 2. The average molecular weight is 298 g/mol. The van der Waals surface area contributed by atoms with Crippen LogP contribution in [0.25, 0.3) is 0 Å². The van der Waals surface area contributed by atoms with Crippen LogP contribution in [0.4, 0.5) is 16.2 Å². The summed E-state index contributed by atoms with van der Waals surface area (Å²) >= 11 is 0. The Morgan fingerprint density at radius 1 is 1.23 bits per heavy atom. The van der Waals surface area contributed by atoms with Crippen molar-refractivity contribution in [2.75, 3.05) is 5.32 Å². The normalized spacial score (nSPS) is 10.4. The van der Waals surface area contributed by atoms with Gasteiger partial charge in [0.15, 0.2) is 0 Å². The lowest BCUT2D eigenvalue weighted by atomic mass is 10.2. The van der Waals surface area contributed by atoms with E-state index in [4.69, 9.17) is 0 Å². The zero-order chi connectivity index (χ0) is 15.9. The highest BCUT2D eigenvalue weighted by Crippen LogP contribution is 2.13. The maximum Gasteiger partial charge on any atom is 0.339 e. The molecule has 0 aliphatic heterocycles. The van der Waals surface area contributed by atoms with Crippen LogP contribution in [-0.2, 0) is 0 Å². The predicted molar refractivity (Wildman–Crippen MR) is 84.0 cm³/mol. The largest absolute Gasteiger partial charge is 0.339 e. The van der Waals surface area contributed by atoms with Gasteiger partial charge in [-0.2, -0.15) is 5.10 Å². The second-order valence-corrected chi connectivity index (χ2v) is 4.49. The van der Waals surface area contributed by atoms with E-state index in [2.05, 4.69) is 15.8 Å². The third-order valence-corrected chi connectivity index (χ3v) is 2.85. The van der Waals surface area contributed by atoms with E-state index >= 15 is 0 Å². The summed E-state index contributed by atoms with van der Waals surface area (Å²) in [5.41, 5.74) is 4.41. The van der Waals surface area contributed by atoms with Crippen LogP contribution < -0.4 is 10.7 Å². The second-order valence-electron chi connectivity index (χ2n) is 4.49. The zero-order valence-electron chi connectivity index (χ0n) is 11.8. The van der Waals surface area contributed by atoms with Gasteiger partial charge in [-0.25, -0.2) is 10.2 Å². The van der Waals surface area contributed by atoms with Gasteiger partial charge in [-0.1, -0.05) is 30.3 Å². The molecule has 0 bridgehead atoms. The van der Waals surface area contributed by atoms with Gasteiger partial charge in [-0.3, -0.25) is 10.1 Å². The third-order valence-electron chi connectivity index (χ3n) is 2.85. The zero-order valence-corrected chi connectivity index (χ0v) is 11.8. The van der Waals surface area contributed by atoms with Crippen LogP contribution in [0.1, 0.15) is 11.1 Å². The van der Waals surface area contributed by atoms with E-state index in [-0.39, 0.29) is 5.69 Å². The number of amides is 2. The van der Waals surface area contributed by atoms with Crippen molar-refractivity contribution in [1.82, 2.24) is 5.43 Å². The Hall–Kier alpha value is -3.22. The Morgan fingerprint density at radius 2 is 2.00 bits per heavy atom. The standard InChI is InChI=1S/C15H14N4O3/c1-11-5-2-3-8-14(11)17-15(20)18-16-10-12-6-4-7-13(9-12)19(21)22/h2-10H,1H3,(H2,17,18,20). The molecule has 0 radical (unpaired) electrons. The highest BCUT2D eigenvalue weighted by molar-refractivity contribution is 5.91. The number of nitro benzene ring substituents is 1. The lowest BCUT2D eigenvalue weighted by molar-refractivity contribution is -0.384. The van der Waals surface area contributed by atoms with Gasteiger partial charge >= 0.3 is 6.03 Å². The number of anilines is 1. The number of hydrazone groups is 1. The summed E-state index contributed by atoms with van der Waals surface area (Å²) in [6, 6.07) is 12.8. The lowest BCUT2D eigenvalue weighted by Crippen LogP contribution is -2.24. The Balaban J connectivity index is 1.95. The fourth-order valence-electron chi connectivity index (χ4n) is 1.75. The Labute approximate surface area is 126 Å². The summed E-state index contributed by atoms with van der Waals surface area (Å²) in [5.74, 6) is 0. The summed E-state index contributed by atoms with van der Waals surface area (Å²) in [6.45, 7) is 1.88. The first-order valence-electron chi connectivity index (χ1n) is 6.46. The lowest BCUT2D eigenvalue weighted by Gasteiger charge is -2.06. The second kappa shape index (κ2) is 6.98. The maximum absolute atomic E-state index is 11.7. The van der Waals surface area contributed by atoms with E-state index in [0.29, 0.717) is 11.3 Å². The summed E-state index contributed by atoms with van der Waals surface area (Å²) < 4.78 is 0. The molecule has 2 N–H and O–H groups in total. The topological polar surface area (TPSA) is 96.6 Å². The number of para-hydroxylation sites is 1. The molecule has 0 atom stereocenters. The van der Waals surface area contributed by atoms with Crippen LogP contribution >= 0.6 is 0 Å². The SMILES string of the molecule is Cc1ccccc1NC(=O)NN=Cc1cccc([N+](=O)[O-])c1. The number of nitrogens with zero attached hydrogens (tertiary/aromatic N) is 2. The molecule has 0 saturated heterocycles. The molecule has 2 aromatic rings. The molecule has 2 aromatic carbocycles. The first kappa shape index (κ1) is 15.2. The molecule has 7 nitrogen and oxygen atoms in total. The molecule has 2 amide bonds. The van der Waals surface area contributed by atoms with Gasteiger partial charge in [0.2, 0.25) is 0 Å². The number of non-ortho nitro benzene ring substituents is 1. The number of nitrogens with one attached hydrogen (secondary N) is 2. The smallest absolute Gasteiger partial charge is 0.306 e. The minimum absolute atomic E-state index is 0.0340. The van der Waals surface area contributed by atoms with Crippen LogP contribution in [0.15, 0.2) is 53.6 Å². The van der Waals surface area contributed by atoms with Crippen molar-refractivity contribution in [3.8, 4) is 0 Å². The van der Waals surface area contributed by atoms with Crippen molar-refractivity contribution in [2.24, 2.45) is 5.10 Å². The number of hydrogen-bond acceptors (Lipinski definition) is 4. The molecule has 0 aliphatic rings. The van der Waals surface area contributed by atoms with Crippen LogP contribution in [0.2, 0.25) is 0 Å². The number of rotatable bonds is 4. The van der Waals surface area contributed by atoms with Gasteiger partial charge in [0, 0.05) is 23.4 Å². The van der Waals surface area contributed by atoms with Crippen LogP contribution in [0.5, 0.6) is 0 Å². The summed E-state index contributed by atoms with van der Waals surface area (Å²) in [6.07, 6.45) is 1.34. The molecule has 0 heterocycles. The molecule has 0 aromatic heterocycles. The Morgan fingerprint density at radius 3 is 2.73 bits per heavy atom. The van der Waals surface area contributed by atoms with Gasteiger partial charge in [0.25, 0.3) is 5.69 Å². The molecule has 112 valence electrons. The molecule has 0 aliphatic carbocycles. The number of carbonyl (C=O) groups is 1. The Kier molecular flexibility index (Phi) is 4.81. The first-order valence-corrected chi connectivity index (χ1v) is 6.46. The fraction of sp³-hybridized carbons (Fsp3) is 0.0667. The van der Waals surface area contributed by atoms with Crippen LogP contribution in [0.3, 0.4) is 0 Å². The minimum atomic E-state index is -0.490. The number of aryl methyl sites for hydroxylation is 1. The molecule has 0 unspecified atom stereocenters. The fourth-order valence-corrected chi connectivity index (χ4v) is 1.75. The molecule has 0 fully saturated rings. The minimum Gasteiger partial charge on any atom is -0.306 e. The van der Waals surface area contributed by atoms with Gasteiger partial charge in [0.05, 0.1) is 11.1 Å². The maximum atomic E-state index is 11.7. The monoisotopic (exact) mass is 298 g/mol. The third kappa shape index (κ3) is 4.14. The van der Waals surface area contributed by atoms with Gasteiger partial charge in [-0.15, -0.1) is 0 Å².